The Morgan fingerprint density at radius 1 is 1.00 bits per heavy atom. The summed E-state index contributed by atoms with van der Waals surface area (Å²) < 4.78 is 19.1. The summed E-state index contributed by atoms with van der Waals surface area (Å²) in [5.41, 5.74) is 1.58. The number of aromatic nitrogens is 1. The SMILES string of the molecule is Cc1cccc(OCC(=O)Nc2cc(F)ccc2NC(=O)c2ccccn2)c1. The molecule has 1 heterocycles. The molecule has 2 aromatic carbocycles. The minimum atomic E-state index is -0.550. The summed E-state index contributed by atoms with van der Waals surface area (Å²) in [7, 11) is 0. The van der Waals surface area contributed by atoms with Gasteiger partial charge in [0.1, 0.15) is 17.3 Å². The quantitative estimate of drug-likeness (QED) is 0.683. The molecular weight excluding hydrogens is 361 g/mol. The molecule has 2 amide bonds. The monoisotopic (exact) mass is 379 g/mol. The van der Waals surface area contributed by atoms with Gasteiger partial charge in [0.25, 0.3) is 11.8 Å². The summed E-state index contributed by atoms with van der Waals surface area (Å²) in [4.78, 5) is 28.4. The molecule has 0 bridgehead atoms. The number of rotatable bonds is 6. The first-order valence-electron chi connectivity index (χ1n) is 8.52. The van der Waals surface area contributed by atoms with E-state index in [9.17, 15) is 14.0 Å². The van der Waals surface area contributed by atoms with Crippen molar-refractivity contribution in [3.8, 4) is 5.75 Å². The van der Waals surface area contributed by atoms with Gasteiger partial charge in [0.05, 0.1) is 11.4 Å². The van der Waals surface area contributed by atoms with E-state index >= 15 is 0 Å². The third-order valence-electron chi connectivity index (χ3n) is 3.76. The van der Waals surface area contributed by atoms with Crippen molar-refractivity contribution in [3.63, 3.8) is 0 Å². The number of halogens is 1. The Kier molecular flexibility index (Phi) is 5.96. The summed E-state index contributed by atoms with van der Waals surface area (Å²) >= 11 is 0. The fourth-order valence-electron chi connectivity index (χ4n) is 2.45. The fourth-order valence-corrected chi connectivity index (χ4v) is 2.45. The van der Waals surface area contributed by atoms with Gasteiger partial charge in [0, 0.05) is 6.20 Å². The topological polar surface area (TPSA) is 80.3 Å². The maximum absolute atomic E-state index is 13.6. The van der Waals surface area contributed by atoms with Gasteiger partial charge < -0.3 is 15.4 Å². The highest BCUT2D eigenvalue weighted by Gasteiger charge is 2.13. The number of hydrogen-bond donors (Lipinski definition) is 2. The fraction of sp³-hybridized carbons (Fsp3) is 0.0952. The summed E-state index contributed by atoms with van der Waals surface area (Å²) in [5, 5.41) is 5.17. The molecule has 1 aromatic heterocycles. The lowest BCUT2D eigenvalue weighted by molar-refractivity contribution is -0.118. The Morgan fingerprint density at radius 3 is 2.61 bits per heavy atom. The van der Waals surface area contributed by atoms with Crippen molar-refractivity contribution in [2.75, 3.05) is 17.2 Å². The van der Waals surface area contributed by atoms with Gasteiger partial charge in [0.2, 0.25) is 0 Å². The van der Waals surface area contributed by atoms with Crippen LogP contribution in [0.15, 0.2) is 66.9 Å². The maximum Gasteiger partial charge on any atom is 0.274 e. The van der Waals surface area contributed by atoms with Gasteiger partial charge in [-0.2, -0.15) is 0 Å². The Labute approximate surface area is 161 Å². The van der Waals surface area contributed by atoms with Crippen LogP contribution < -0.4 is 15.4 Å². The number of hydrogen-bond acceptors (Lipinski definition) is 4. The smallest absolute Gasteiger partial charge is 0.274 e. The van der Waals surface area contributed by atoms with Crippen LogP contribution in [0, 0.1) is 12.7 Å². The maximum atomic E-state index is 13.6. The third-order valence-corrected chi connectivity index (χ3v) is 3.76. The van der Waals surface area contributed by atoms with E-state index in [0.29, 0.717) is 5.75 Å². The van der Waals surface area contributed by atoms with Crippen molar-refractivity contribution < 1.29 is 18.7 Å². The molecule has 28 heavy (non-hydrogen) atoms. The van der Waals surface area contributed by atoms with Gasteiger partial charge in [-0.1, -0.05) is 18.2 Å². The number of benzene rings is 2. The second-order valence-electron chi connectivity index (χ2n) is 6.01. The molecular formula is C21H18FN3O3. The van der Waals surface area contributed by atoms with Crippen molar-refractivity contribution in [3.05, 3.63) is 83.9 Å². The first-order chi connectivity index (χ1) is 13.5. The van der Waals surface area contributed by atoms with E-state index in [1.165, 1.54) is 18.3 Å². The van der Waals surface area contributed by atoms with E-state index in [4.69, 9.17) is 4.74 Å². The lowest BCUT2D eigenvalue weighted by Crippen LogP contribution is -2.22. The van der Waals surface area contributed by atoms with Crippen LogP contribution in [0.5, 0.6) is 5.75 Å². The van der Waals surface area contributed by atoms with Crippen LogP contribution in [-0.4, -0.2) is 23.4 Å². The average Bonchev–Trinajstić information content (AvgIpc) is 2.69. The molecule has 0 fully saturated rings. The molecule has 0 aliphatic heterocycles. The molecule has 3 aromatic rings. The predicted molar refractivity (Wildman–Crippen MR) is 104 cm³/mol. The molecule has 0 radical (unpaired) electrons. The Balaban J connectivity index is 1.68. The first kappa shape index (κ1) is 19.0. The van der Waals surface area contributed by atoms with Crippen LogP contribution in [-0.2, 0) is 4.79 Å². The number of carbonyl (C=O) groups is 2. The molecule has 7 heteroatoms. The summed E-state index contributed by atoms with van der Waals surface area (Å²) in [5.74, 6) is -0.956. The van der Waals surface area contributed by atoms with Gasteiger partial charge in [-0.05, 0) is 55.0 Å². The number of amides is 2. The zero-order valence-electron chi connectivity index (χ0n) is 15.1. The van der Waals surface area contributed by atoms with Crippen molar-refractivity contribution in [1.29, 1.82) is 0 Å². The van der Waals surface area contributed by atoms with Crippen molar-refractivity contribution in [1.82, 2.24) is 4.98 Å². The van der Waals surface area contributed by atoms with Crippen LogP contribution in [0.3, 0.4) is 0 Å². The Bertz CT molecular complexity index is 993. The zero-order chi connectivity index (χ0) is 19.9. The predicted octanol–water partition coefficient (Wildman–Crippen LogP) is 3.80. The molecule has 2 N–H and O–H groups in total. The normalized spacial score (nSPS) is 10.2. The van der Waals surface area contributed by atoms with Gasteiger partial charge >= 0.3 is 0 Å². The number of ether oxygens (including phenoxy) is 1. The van der Waals surface area contributed by atoms with E-state index in [1.54, 1.807) is 30.3 Å². The minimum absolute atomic E-state index is 0.127. The average molecular weight is 379 g/mol. The lowest BCUT2D eigenvalue weighted by Gasteiger charge is -2.13. The van der Waals surface area contributed by atoms with Crippen LogP contribution >= 0.6 is 0 Å². The van der Waals surface area contributed by atoms with Crippen LogP contribution in [0.25, 0.3) is 0 Å². The molecule has 0 aliphatic rings. The second-order valence-corrected chi connectivity index (χ2v) is 6.01. The molecule has 3 rings (SSSR count). The molecule has 0 spiro atoms. The number of nitrogens with one attached hydrogen (secondary N) is 2. The highest BCUT2D eigenvalue weighted by molar-refractivity contribution is 6.06. The zero-order valence-corrected chi connectivity index (χ0v) is 15.1. The largest absolute Gasteiger partial charge is 0.484 e. The molecule has 142 valence electrons. The van der Waals surface area contributed by atoms with Crippen molar-refractivity contribution in [2.45, 2.75) is 6.92 Å². The van der Waals surface area contributed by atoms with Crippen molar-refractivity contribution in [2.24, 2.45) is 0 Å². The van der Waals surface area contributed by atoms with Gasteiger partial charge in [-0.25, -0.2) is 4.39 Å². The minimum Gasteiger partial charge on any atom is -0.484 e. The van der Waals surface area contributed by atoms with E-state index in [1.807, 2.05) is 19.1 Å². The van der Waals surface area contributed by atoms with E-state index in [-0.39, 0.29) is 23.7 Å². The summed E-state index contributed by atoms with van der Waals surface area (Å²) in [6.07, 6.45) is 1.49. The number of anilines is 2. The van der Waals surface area contributed by atoms with Gasteiger partial charge in [0.15, 0.2) is 6.61 Å². The summed E-state index contributed by atoms with van der Waals surface area (Å²) in [6, 6.07) is 15.9. The van der Waals surface area contributed by atoms with Crippen molar-refractivity contribution >= 4 is 23.2 Å². The highest BCUT2D eigenvalue weighted by Crippen LogP contribution is 2.23. The molecule has 0 unspecified atom stereocenters. The number of aryl methyl sites for hydroxylation is 1. The Hall–Kier alpha value is -3.74. The van der Waals surface area contributed by atoms with E-state index in [0.717, 1.165) is 11.6 Å². The molecule has 0 atom stereocenters. The molecule has 0 aliphatic carbocycles. The third kappa shape index (κ3) is 5.14. The molecule has 6 nitrogen and oxygen atoms in total. The second kappa shape index (κ2) is 8.77. The Morgan fingerprint density at radius 2 is 1.86 bits per heavy atom. The van der Waals surface area contributed by atoms with Crippen LogP contribution in [0.2, 0.25) is 0 Å². The molecule has 0 saturated carbocycles. The highest BCUT2D eigenvalue weighted by atomic mass is 19.1. The number of nitrogens with zero attached hydrogens (tertiary/aromatic N) is 1. The number of pyridine rings is 1. The van der Waals surface area contributed by atoms with Crippen LogP contribution in [0.1, 0.15) is 16.1 Å². The standard InChI is InChI=1S/C21H18FN3O3/c1-14-5-4-6-16(11-14)28-13-20(26)24-19-12-15(22)8-9-17(19)25-21(27)18-7-2-3-10-23-18/h2-12H,13H2,1H3,(H,24,26)(H,25,27). The van der Waals surface area contributed by atoms with Crippen LogP contribution in [0.4, 0.5) is 15.8 Å². The summed E-state index contributed by atoms with van der Waals surface area (Å²) in [6.45, 7) is 1.66. The van der Waals surface area contributed by atoms with Gasteiger partial charge in [-0.3, -0.25) is 14.6 Å². The van der Waals surface area contributed by atoms with E-state index < -0.39 is 17.6 Å². The van der Waals surface area contributed by atoms with E-state index in [2.05, 4.69) is 15.6 Å². The molecule has 0 saturated heterocycles. The lowest BCUT2D eigenvalue weighted by atomic mass is 10.2. The number of carbonyl (C=O) groups excluding carboxylic acids is 2. The first-order valence-corrected chi connectivity index (χ1v) is 8.52. The van der Waals surface area contributed by atoms with Gasteiger partial charge in [-0.15, -0.1) is 0 Å².